The SMILES string of the molecule is CC(CNc1cccc(S(C)(=O)=O)c1[N+](=O)[O-])Oc1ccc(F)cc1. The van der Waals surface area contributed by atoms with Crippen LogP contribution in [0, 0.1) is 15.9 Å². The van der Waals surface area contributed by atoms with Gasteiger partial charge in [-0.3, -0.25) is 10.1 Å². The average Bonchev–Trinajstić information content (AvgIpc) is 2.53. The average molecular weight is 368 g/mol. The number of hydrogen-bond donors (Lipinski definition) is 1. The summed E-state index contributed by atoms with van der Waals surface area (Å²) in [5.41, 5.74) is -0.415. The lowest BCUT2D eigenvalue weighted by atomic mass is 10.2. The molecule has 0 aromatic heterocycles. The van der Waals surface area contributed by atoms with Crippen LogP contribution in [0.4, 0.5) is 15.8 Å². The molecule has 0 bridgehead atoms. The summed E-state index contributed by atoms with van der Waals surface area (Å²) in [5.74, 6) is 0.0708. The van der Waals surface area contributed by atoms with Gasteiger partial charge in [0.15, 0.2) is 9.84 Å². The zero-order chi connectivity index (χ0) is 18.6. The third kappa shape index (κ3) is 4.90. The van der Waals surface area contributed by atoms with Crippen molar-refractivity contribution in [3.63, 3.8) is 0 Å². The summed E-state index contributed by atoms with van der Waals surface area (Å²) >= 11 is 0. The van der Waals surface area contributed by atoms with Gasteiger partial charge in [-0.25, -0.2) is 12.8 Å². The van der Waals surface area contributed by atoms with Gasteiger partial charge in [-0.2, -0.15) is 0 Å². The lowest BCUT2D eigenvalue weighted by Gasteiger charge is -2.16. The minimum atomic E-state index is -3.74. The molecule has 2 aromatic carbocycles. The number of benzene rings is 2. The Bertz CT molecular complexity index is 869. The highest BCUT2D eigenvalue weighted by Crippen LogP contribution is 2.31. The summed E-state index contributed by atoms with van der Waals surface area (Å²) in [6, 6.07) is 9.51. The highest BCUT2D eigenvalue weighted by atomic mass is 32.2. The van der Waals surface area contributed by atoms with E-state index >= 15 is 0 Å². The molecule has 2 aromatic rings. The van der Waals surface area contributed by atoms with Gasteiger partial charge in [-0.1, -0.05) is 6.07 Å². The maximum absolute atomic E-state index is 12.9. The molecule has 0 fully saturated rings. The predicted octanol–water partition coefficient (Wildman–Crippen LogP) is 3.02. The van der Waals surface area contributed by atoms with Crippen LogP contribution in [0.3, 0.4) is 0 Å². The van der Waals surface area contributed by atoms with E-state index in [4.69, 9.17) is 4.74 Å². The van der Waals surface area contributed by atoms with Crippen molar-refractivity contribution >= 4 is 21.2 Å². The van der Waals surface area contributed by atoms with Crippen LogP contribution in [0.5, 0.6) is 5.75 Å². The molecule has 7 nitrogen and oxygen atoms in total. The van der Waals surface area contributed by atoms with Gasteiger partial charge >= 0.3 is 5.69 Å². The van der Waals surface area contributed by atoms with Crippen molar-refractivity contribution in [1.82, 2.24) is 0 Å². The van der Waals surface area contributed by atoms with Crippen LogP contribution < -0.4 is 10.1 Å². The van der Waals surface area contributed by atoms with E-state index in [0.29, 0.717) is 5.75 Å². The Morgan fingerprint density at radius 1 is 1.24 bits per heavy atom. The molecule has 9 heteroatoms. The molecule has 134 valence electrons. The van der Waals surface area contributed by atoms with Crippen molar-refractivity contribution in [2.24, 2.45) is 0 Å². The monoisotopic (exact) mass is 368 g/mol. The Balaban J connectivity index is 2.14. The molecule has 0 aliphatic rings. The van der Waals surface area contributed by atoms with Crippen molar-refractivity contribution < 1.29 is 22.5 Å². The number of sulfone groups is 1. The number of nitro benzene ring substituents is 1. The third-order valence-electron chi connectivity index (χ3n) is 3.31. The number of para-hydroxylation sites is 1. The smallest absolute Gasteiger partial charge is 0.310 e. The number of halogens is 1. The van der Waals surface area contributed by atoms with E-state index < -0.39 is 26.6 Å². The topological polar surface area (TPSA) is 98.5 Å². The van der Waals surface area contributed by atoms with Gasteiger partial charge in [0.1, 0.15) is 28.3 Å². The Morgan fingerprint density at radius 2 is 1.88 bits per heavy atom. The Kier molecular flexibility index (Phi) is 5.58. The highest BCUT2D eigenvalue weighted by molar-refractivity contribution is 7.90. The van der Waals surface area contributed by atoms with E-state index in [2.05, 4.69) is 5.32 Å². The van der Waals surface area contributed by atoms with Gasteiger partial charge in [0.25, 0.3) is 0 Å². The fraction of sp³-hybridized carbons (Fsp3) is 0.250. The molecule has 25 heavy (non-hydrogen) atoms. The molecule has 0 heterocycles. The van der Waals surface area contributed by atoms with Crippen LogP contribution in [-0.4, -0.2) is 32.2 Å². The predicted molar refractivity (Wildman–Crippen MR) is 91.2 cm³/mol. The minimum absolute atomic E-state index is 0.0856. The molecule has 2 rings (SSSR count). The minimum Gasteiger partial charge on any atom is -0.489 e. The molecule has 0 saturated carbocycles. The molecule has 0 amide bonds. The first-order valence-electron chi connectivity index (χ1n) is 7.32. The molecule has 1 atom stereocenters. The fourth-order valence-corrected chi connectivity index (χ4v) is 3.05. The second-order valence-electron chi connectivity index (χ2n) is 5.44. The molecule has 0 saturated heterocycles. The van der Waals surface area contributed by atoms with Gasteiger partial charge in [0.05, 0.1) is 11.5 Å². The van der Waals surface area contributed by atoms with Crippen LogP contribution in [0.15, 0.2) is 47.4 Å². The standard InChI is InChI=1S/C16H17FN2O5S/c1-11(24-13-8-6-12(17)7-9-13)10-18-14-4-3-5-15(25(2,22)23)16(14)19(20)21/h3-9,11,18H,10H2,1-2H3. The van der Waals surface area contributed by atoms with E-state index in [9.17, 15) is 22.9 Å². The van der Waals surface area contributed by atoms with Crippen molar-refractivity contribution in [3.05, 3.63) is 58.4 Å². The summed E-state index contributed by atoms with van der Waals surface area (Å²) in [6.45, 7) is 1.91. The number of nitrogens with one attached hydrogen (secondary N) is 1. The molecule has 1 unspecified atom stereocenters. The Morgan fingerprint density at radius 3 is 2.44 bits per heavy atom. The van der Waals surface area contributed by atoms with Gasteiger partial charge in [-0.15, -0.1) is 0 Å². The molecular formula is C16H17FN2O5S. The van der Waals surface area contributed by atoms with Gasteiger partial charge in [-0.05, 0) is 43.3 Å². The number of nitrogens with zero attached hydrogens (tertiary/aromatic N) is 1. The molecule has 0 aliphatic carbocycles. The first kappa shape index (κ1) is 18.7. The van der Waals surface area contributed by atoms with E-state index in [0.717, 1.165) is 6.26 Å². The lowest BCUT2D eigenvalue weighted by molar-refractivity contribution is -0.386. The van der Waals surface area contributed by atoms with Gasteiger partial charge < -0.3 is 10.1 Å². The van der Waals surface area contributed by atoms with Crippen LogP contribution in [0.2, 0.25) is 0 Å². The van der Waals surface area contributed by atoms with E-state index in [1.54, 1.807) is 6.92 Å². The largest absolute Gasteiger partial charge is 0.489 e. The number of nitro groups is 1. The molecule has 0 aliphatic heterocycles. The van der Waals surface area contributed by atoms with E-state index in [1.807, 2.05) is 0 Å². The molecule has 0 spiro atoms. The van der Waals surface area contributed by atoms with Gasteiger partial charge in [0, 0.05) is 6.26 Å². The van der Waals surface area contributed by atoms with Crippen molar-refractivity contribution in [2.45, 2.75) is 17.9 Å². The molecular weight excluding hydrogens is 351 g/mol. The van der Waals surface area contributed by atoms with E-state index in [-0.39, 0.29) is 22.9 Å². The number of hydrogen-bond acceptors (Lipinski definition) is 6. The first-order valence-corrected chi connectivity index (χ1v) is 9.21. The van der Waals surface area contributed by atoms with Crippen molar-refractivity contribution in [3.8, 4) is 5.75 Å². The number of ether oxygens (including phenoxy) is 1. The number of rotatable bonds is 7. The maximum Gasteiger partial charge on any atom is 0.310 e. The first-order chi connectivity index (χ1) is 11.7. The highest BCUT2D eigenvalue weighted by Gasteiger charge is 2.26. The summed E-state index contributed by atoms with van der Waals surface area (Å²) in [7, 11) is -3.74. The van der Waals surface area contributed by atoms with Crippen LogP contribution >= 0.6 is 0 Å². The quantitative estimate of drug-likeness (QED) is 0.596. The summed E-state index contributed by atoms with van der Waals surface area (Å²) in [4.78, 5) is 10.2. The normalized spacial score (nSPS) is 12.4. The summed E-state index contributed by atoms with van der Waals surface area (Å²) < 4.78 is 41.9. The lowest BCUT2D eigenvalue weighted by Crippen LogP contribution is -2.23. The Hall–Kier alpha value is -2.68. The van der Waals surface area contributed by atoms with E-state index in [1.165, 1.54) is 42.5 Å². The number of anilines is 1. The van der Waals surface area contributed by atoms with Crippen molar-refractivity contribution in [2.75, 3.05) is 18.1 Å². The summed E-state index contributed by atoms with van der Waals surface area (Å²) in [5, 5.41) is 14.1. The van der Waals surface area contributed by atoms with Crippen LogP contribution in [0.25, 0.3) is 0 Å². The Labute approximate surface area is 144 Å². The van der Waals surface area contributed by atoms with Gasteiger partial charge in [0.2, 0.25) is 0 Å². The second kappa shape index (κ2) is 7.47. The second-order valence-corrected chi connectivity index (χ2v) is 7.43. The molecule has 1 N–H and O–H groups in total. The van der Waals surface area contributed by atoms with Crippen molar-refractivity contribution in [1.29, 1.82) is 0 Å². The third-order valence-corrected chi connectivity index (χ3v) is 4.44. The fourth-order valence-electron chi connectivity index (χ4n) is 2.19. The van der Waals surface area contributed by atoms with Crippen LogP contribution in [0.1, 0.15) is 6.92 Å². The maximum atomic E-state index is 12.9. The molecule has 0 radical (unpaired) electrons. The zero-order valence-corrected chi connectivity index (χ0v) is 14.4. The summed E-state index contributed by atoms with van der Waals surface area (Å²) in [6.07, 6.45) is 0.520. The van der Waals surface area contributed by atoms with Crippen LogP contribution in [-0.2, 0) is 9.84 Å². The zero-order valence-electron chi connectivity index (χ0n) is 13.6.